The number of Topliss-reactive ketones (excluding diaryl/α,β-unsaturated/α-hetero) is 2. The predicted octanol–water partition coefficient (Wildman–Crippen LogP) is 1.41. The van der Waals surface area contributed by atoms with Gasteiger partial charge in [-0.05, 0) is 25.1 Å². The fraction of sp³-hybridized carbons (Fsp3) is 0.357. The van der Waals surface area contributed by atoms with Crippen LogP contribution in [0, 0.1) is 0 Å². The van der Waals surface area contributed by atoms with Crippen molar-refractivity contribution in [1.29, 1.82) is 0 Å². The molecule has 6 heteroatoms. The van der Waals surface area contributed by atoms with E-state index < -0.39 is 24.0 Å². The first-order chi connectivity index (χ1) is 9.53. The molecule has 0 saturated heterocycles. The minimum absolute atomic E-state index is 0.0924. The van der Waals surface area contributed by atoms with E-state index in [1.54, 1.807) is 13.0 Å². The first kappa shape index (κ1) is 15.7. The predicted molar refractivity (Wildman–Crippen MR) is 70.1 cm³/mol. The molecule has 0 bridgehead atoms. The lowest BCUT2D eigenvalue weighted by molar-refractivity contribution is -0.153. The summed E-state index contributed by atoms with van der Waals surface area (Å²) in [5.74, 6) is -1.50. The highest BCUT2D eigenvalue weighted by molar-refractivity contribution is 6.38. The van der Waals surface area contributed by atoms with Gasteiger partial charge in [0.15, 0.2) is 17.3 Å². The van der Waals surface area contributed by atoms with Crippen LogP contribution in [-0.2, 0) is 14.3 Å². The smallest absolute Gasteiger partial charge is 0.375 e. The van der Waals surface area contributed by atoms with Gasteiger partial charge in [0.1, 0.15) is 0 Å². The van der Waals surface area contributed by atoms with Crippen LogP contribution in [0.3, 0.4) is 0 Å². The fourth-order valence-electron chi connectivity index (χ4n) is 1.54. The molecule has 20 heavy (non-hydrogen) atoms. The monoisotopic (exact) mass is 280 g/mol. The van der Waals surface area contributed by atoms with Crippen LogP contribution in [0.25, 0.3) is 0 Å². The Labute approximate surface area is 116 Å². The molecule has 1 aromatic carbocycles. The molecule has 0 aromatic heterocycles. The van der Waals surface area contributed by atoms with Crippen LogP contribution >= 0.6 is 0 Å². The highest BCUT2D eigenvalue weighted by Crippen LogP contribution is 2.27. The van der Waals surface area contributed by atoms with Crippen molar-refractivity contribution >= 4 is 17.5 Å². The lowest BCUT2D eigenvalue weighted by Gasteiger charge is -2.08. The van der Waals surface area contributed by atoms with Gasteiger partial charge in [0.25, 0.3) is 0 Å². The van der Waals surface area contributed by atoms with Crippen molar-refractivity contribution in [2.24, 2.45) is 0 Å². The van der Waals surface area contributed by atoms with Gasteiger partial charge >= 0.3 is 5.97 Å². The molecule has 0 heterocycles. The Morgan fingerprint density at radius 2 is 1.70 bits per heavy atom. The molecule has 0 saturated carbocycles. The Balaban J connectivity index is 2.82. The number of hydrogen-bond donors (Lipinski definition) is 0. The van der Waals surface area contributed by atoms with E-state index in [-0.39, 0.29) is 12.2 Å². The van der Waals surface area contributed by atoms with Gasteiger partial charge in [-0.25, -0.2) is 4.79 Å². The second-order valence-electron chi connectivity index (χ2n) is 3.81. The molecule has 108 valence electrons. The summed E-state index contributed by atoms with van der Waals surface area (Å²) in [6.07, 6.45) is -0.533. The SMILES string of the molecule is CCOC(=O)C(=O)CC(=O)c1ccc(OC)c(OC)c1. The molecule has 1 rings (SSSR count). The number of benzene rings is 1. The van der Waals surface area contributed by atoms with E-state index in [1.807, 2.05) is 0 Å². The molecule has 0 atom stereocenters. The van der Waals surface area contributed by atoms with Crippen LogP contribution in [-0.4, -0.2) is 38.4 Å². The molecule has 0 spiro atoms. The maximum atomic E-state index is 11.9. The van der Waals surface area contributed by atoms with Gasteiger partial charge in [-0.1, -0.05) is 0 Å². The molecule has 0 N–H and O–H groups in total. The second-order valence-corrected chi connectivity index (χ2v) is 3.81. The average Bonchev–Trinajstić information content (AvgIpc) is 2.46. The van der Waals surface area contributed by atoms with Gasteiger partial charge in [-0.15, -0.1) is 0 Å². The quantitative estimate of drug-likeness (QED) is 0.325. The Bertz CT molecular complexity index is 520. The van der Waals surface area contributed by atoms with Gasteiger partial charge < -0.3 is 14.2 Å². The number of methoxy groups -OCH3 is 2. The number of carbonyl (C=O) groups is 3. The molecule has 0 amide bonds. The lowest BCUT2D eigenvalue weighted by Crippen LogP contribution is -2.20. The topological polar surface area (TPSA) is 78.9 Å². The first-order valence-corrected chi connectivity index (χ1v) is 5.98. The van der Waals surface area contributed by atoms with Gasteiger partial charge in [0.2, 0.25) is 5.78 Å². The average molecular weight is 280 g/mol. The Kier molecular flexibility index (Phi) is 5.71. The van der Waals surface area contributed by atoms with E-state index in [1.165, 1.54) is 26.4 Å². The van der Waals surface area contributed by atoms with Crippen molar-refractivity contribution in [1.82, 2.24) is 0 Å². The van der Waals surface area contributed by atoms with Crippen LogP contribution in [0.2, 0.25) is 0 Å². The summed E-state index contributed by atoms with van der Waals surface area (Å²) in [7, 11) is 2.92. The van der Waals surface area contributed by atoms with Crippen LogP contribution < -0.4 is 9.47 Å². The van der Waals surface area contributed by atoms with Crippen LogP contribution in [0.1, 0.15) is 23.7 Å². The van der Waals surface area contributed by atoms with E-state index in [2.05, 4.69) is 4.74 Å². The van der Waals surface area contributed by atoms with Crippen molar-refractivity contribution < 1.29 is 28.6 Å². The number of esters is 1. The summed E-state index contributed by atoms with van der Waals surface area (Å²) < 4.78 is 14.6. The first-order valence-electron chi connectivity index (χ1n) is 5.98. The molecule has 0 fully saturated rings. The summed E-state index contributed by atoms with van der Waals surface area (Å²) >= 11 is 0. The Hall–Kier alpha value is -2.37. The lowest BCUT2D eigenvalue weighted by atomic mass is 10.1. The molecular weight excluding hydrogens is 264 g/mol. The van der Waals surface area contributed by atoms with Crippen LogP contribution in [0.5, 0.6) is 11.5 Å². The standard InChI is InChI=1S/C14H16O6/c1-4-20-14(17)11(16)8-10(15)9-5-6-12(18-2)13(7-9)19-3/h5-7H,4,8H2,1-3H3. The maximum Gasteiger partial charge on any atom is 0.375 e. The van der Waals surface area contributed by atoms with Crippen molar-refractivity contribution in [3.8, 4) is 11.5 Å². The zero-order chi connectivity index (χ0) is 15.1. The largest absolute Gasteiger partial charge is 0.493 e. The van der Waals surface area contributed by atoms with Crippen molar-refractivity contribution in [2.45, 2.75) is 13.3 Å². The molecule has 0 aliphatic carbocycles. The molecule has 0 aliphatic heterocycles. The normalized spacial score (nSPS) is 9.75. The number of hydrogen-bond acceptors (Lipinski definition) is 6. The third kappa shape index (κ3) is 3.81. The molecule has 0 aliphatic rings. The highest BCUT2D eigenvalue weighted by atomic mass is 16.5. The molecular formula is C14H16O6. The van der Waals surface area contributed by atoms with E-state index in [0.717, 1.165) is 0 Å². The van der Waals surface area contributed by atoms with E-state index in [0.29, 0.717) is 11.5 Å². The summed E-state index contributed by atoms with van der Waals surface area (Å²) in [5.41, 5.74) is 0.264. The maximum absolute atomic E-state index is 11.9. The number of ketones is 2. The zero-order valence-corrected chi connectivity index (χ0v) is 11.6. The van der Waals surface area contributed by atoms with E-state index in [9.17, 15) is 14.4 Å². The van der Waals surface area contributed by atoms with Crippen LogP contribution in [0.4, 0.5) is 0 Å². The zero-order valence-electron chi connectivity index (χ0n) is 11.6. The minimum atomic E-state index is -0.999. The summed E-state index contributed by atoms with van der Waals surface area (Å²) in [6, 6.07) is 4.52. The van der Waals surface area contributed by atoms with E-state index in [4.69, 9.17) is 9.47 Å². The summed E-state index contributed by atoms with van der Waals surface area (Å²) in [5, 5.41) is 0. The molecule has 1 aromatic rings. The fourth-order valence-corrected chi connectivity index (χ4v) is 1.54. The van der Waals surface area contributed by atoms with Gasteiger partial charge in [-0.3, -0.25) is 9.59 Å². The van der Waals surface area contributed by atoms with Crippen LogP contribution in [0.15, 0.2) is 18.2 Å². The van der Waals surface area contributed by atoms with Gasteiger partial charge in [0.05, 0.1) is 27.2 Å². The highest BCUT2D eigenvalue weighted by Gasteiger charge is 2.20. The Morgan fingerprint density at radius 1 is 1.05 bits per heavy atom. The summed E-state index contributed by atoms with van der Waals surface area (Å²) in [6.45, 7) is 1.68. The Morgan fingerprint density at radius 3 is 2.25 bits per heavy atom. The van der Waals surface area contributed by atoms with E-state index >= 15 is 0 Å². The molecule has 6 nitrogen and oxygen atoms in total. The minimum Gasteiger partial charge on any atom is -0.493 e. The van der Waals surface area contributed by atoms with Gasteiger partial charge in [-0.2, -0.15) is 0 Å². The molecule has 0 radical (unpaired) electrons. The summed E-state index contributed by atoms with van der Waals surface area (Å²) in [4.78, 5) is 34.5. The second kappa shape index (κ2) is 7.28. The van der Waals surface area contributed by atoms with Crippen molar-refractivity contribution in [3.63, 3.8) is 0 Å². The van der Waals surface area contributed by atoms with Crippen molar-refractivity contribution in [3.05, 3.63) is 23.8 Å². The number of carbonyl (C=O) groups excluding carboxylic acids is 3. The third-order valence-corrected chi connectivity index (χ3v) is 2.53. The van der Waals surface area contributed by atoms with Gasteiger partial charge in [0, 0.05) is 5.56 Å². The molecule has 0 unspecified atom stereocenters. The third-order valence-electron chi connectivity index (χ3n) is 2.53. The number of ether oxygens (including phenoxy) is 3. The number of rotatable bonds is 7. The van der Waals surface area contributed by atoms with Crippen molar-refractivity contribution in [2.75, 3.05) is 20.8 Å².